The van der Waals surface area contributed by atoms with Gasteiger partial charge in [-0.2, -0.15) is 0 Å². The lowest BCUT2D eigenvalue weighted by atomic mass is 10.1. The molecule has 0 aliphatic carbocycles. The molecule has 1 N–H and O–H groups in total. The van der Waals surface area contributed by atoms with E-state index >= 15 is 0 Å². The largest absolute Gasteiger partial charge is 0.345 e. The molecule has 3 heteroatoms. The van der Waals surface area contributed by atoms with Crippen LogP contribution in [0.15, 0.2) is 6.07 Å². The molecule has 0 atom stereocenters. The number of nitrogens with zero attached hydrogens (tertiary/aromatic N) is 2. The maximum absolute atomic E-state index is 5.48. The van der Waals surface area contributed by atoms with Crippen LogP contribution in [0.5, 0.6) is 0 Å². The first kappa shape index (κ1) is 16.5. The van der Waals surface area contributed by atoms with Crippen molar-refractivity contribution in [1.29, 1.82) is 0 Å². The zero-order valence-electron chi connectivity index (χ0n) is 13.7. The number of terminal acetylenes is 1. The smallest absolute Gasteiger partial charge is 0.134 e. The topological polar surface area (TPSA) is 28.2 Å². The number of pyridine rings is 1. The van der Waals surface area contributed by atoms with Crippen LogP contribution in [0.2, 0.25) is 0 Å². The van der Waals surface area contributed by atoms with Crippen molar-refractivity contribution in [3.63, 3.8) is 0 Å². The van der Waals surface area contributed by atoms with Crippen molar-refractivity contribution in [2.75, 3.05) is 18.0 Å². The summed E-state index contributed by atoms with van der Waals surface area (Å²) in [4.78, 5) is 6.87. The molecule has 0 bridgehead atoms. The predicted molar refractivity (Wildman–Crippen MR) is 87.0 cm³/mol. The second-order valence-corrected chi connectivity index (χ2v) is 6.20. The van der Waals surface area contributed by atoms with Gasteiger partial charge in [-0.05, 0) is 53.2 Å². The van der Waals surface area contributed by atoms with Crippen molar-refractivity contribution < 1.29 is 0 Å². The number of hydrogen-bond donors (Lipinski definition) is 1. The normalized spacial score (nSPS) is 11.2. The van der Waals surface area contributed by atoms with E-state index in [0.717, 1.165) is 24.6 Å². The minimum atomic E-state index is 0.0811. The third-order valence-corrected chi connectivity index (χ3v) is 3.21. The molecular formula is C17H27N3. The average molecular weight is 273 g/mol. The Bertz CT molecular complexity index is 492. The minimum absolute atomic E-state index is 0.0811. The molecule has 1 aromatic heterocycles. The van der Waals surface area contributed by atoms with E-state index in [2.05, 4.69) is 56.8 Å². The van der Waals surface area contributed by atoms with Crippen LogP contribution >= 0.6 is 0 Å². The second kappa shape index (κ2) is 6.76. The summed E-state index contributed by atoms with van der Waals surface area (Å²) in [6, 6.07) is 2.13. The van der Waals surface area contributed by atoms with Gasteiger partial charge < -0.3 is 10.2 Å². The molecule has 0 aromatic carbocycles. The SMILES string of the molecule is C#CCN(CC)c1nc(C)cc(C)c1CNC(C)(C)C. The molecule has 1 heterocycles. The molecule has 0 radical (unpaired) electrons. The van der Waals surface area contributed by atoms with E-state index in [1.807, 2.05) is 6.92 Å². The first-order valence-electron chi connectivity index (χ1n) is 7.19. The molecule has 3 nitrogen and oxygen atoms in total. The molecule has 0 aliphatic heterocycles. The van der Waals surface area contributed by atoms with E-state index in [1.165, 1.54) is 11.1 Å². The van der Waals surface area contributed by atoms with Crippen LogP contribution < -0.4 is 10.2 Å². The van der Waals surface area contributed by atoms with Crippen molar-refractivity contribution >= 4 is 5.82 Å². The maximum Gasteiger partial charge on any atom is 0.134 e. The van der Waals surface area contributed by atoms with Crippen LogP contribution in [0.4, 0.5) is 5.82 Å². The number of aryl methyl sites for hydroxylation is 2. The van der Waals surface area contributed by atoms with Crippen LogP contribution in [0, 0.1) is 26.2 Å². The van der Waals surface area contributed by atoms with Crippen LogP contribution in [-0.4, -0.2) is 23.6 Å². The molecule has 1 aromatic rings. The Morgan fingerprint density at radius 2 is 2.00 bits per heavy atom. The van der Waals surface area contributed by atoms with Gasteiger partial charge in [0.1, 0.15) is 5.82 Å². The Morgan fingerprint density at radius 1 is 1.35 bits per heavy atom. The summed E-state index contributed by atoms with van der Waals surface area (Å²) in [5.74, 6) is 3.73. The van der Waals surface area contributed by atoms with Gasteiger partial charge in [0.05, 0.1) is 6.54 Å². The molecule has 110 valence electrons. The average Bonchev–Trinajstić information content (AvgIpc) is 2.32. The van der Waals surface area contributed by atoms with E-state index in [0.29, 0.717) is 6.54 Å². The summed E-state index contributed by atoms with van der Waals surface area (Å²) in [7, 11) is 0. The molecule has 0 saturated carbocycles. The fourth-order valence-electron chi connectivity index (χ4n) is 2.12. The lowest BCUT2D eigenvalue weighted by Crippen LogP contribution is -2.36. The fourth-order valence-corrected chi connectivity index (χ4v) is 2.12. The fraction of sp³-hybridized carbons (Fsp3) is 0.588. The Morgan fingerprint density at radius 3 is 2.50 bits per heavy atom. The van der Waals surface area contributed by atoms with Crippen LogP contribution in [0.25, 0.3) is 0 Å². The number of anilines is 1. The van der Waals surface area contributed by atoms with Crippen molar-refractivity contribution in [2.45, 2.75) is 53.6 Å². The predicted octanol–water partition coefficient (Wildman–Crippen LogP) is 3.05. The van der Waals surface area contributed by atoms with E-state index in [1.54, 1.807) is 0 Å². The van der Waals surface area contributed by atoms with Crippen molar-refractivity contribution in [3.05, 3.63) is 22.9 Å². The third-order valence-electron chi connectivity index (χ3n) is 3.21. The van der Waals surface area contributed by atoms with Gasteiger partial charge >= 0.3 is 0 Å². The molecule has 0 unspecified atom stereocenters. The lowest BCUT2D eigenvalue weighted by molar-refractivity contribution is 0.423. The van der Waals surface area contributed by atoms with E-state index in [4.69, 9.17) is 11.4 Å². The highest BCUT2D eigenvalue weighted by atomic mass is 15.2. The summed E-state index contributed by atoms with van der Waals surface area (Å²) < 4.78 is 0. The van der Waals surface area contributed by atoms with Gasteiger partial charge in [-0.3, -0.25) is 0 Å². The second-order valence-electron chi connectivity index (χ2n) is 6.20. The molecule has 0 spiro atoms. The standard InChI is InChI=1S/C17H27N3/c1-8-10-20(9-2)16-15(12-18-17(5,6)7)13(3)11-14(4)19-16/h1,11,18H,9-10,12H2,2-7H3. The number of hydrogen-bond acceptors (Lipinski definition) is 3. The maximum atomic E-state index is 5.48. The third kappa shape index (κ3) is 4.54. The van der Waals surface area contributed by atoms with Gasteiger partial charge in [-0.15, -0.1) is 6.42 Å². The molecule has 0 saturated heterocycles. The Labute approximate surface area is 123 Å². The van der Waals surface area contributed by atoms with E-state index in [-0.39, 0.29) is 5.54 Å². The quantitative estimate of drug-likeness (QED) is 0.836. The molecule has 1 rings (SSSR count). The molecule has 0 amide bonds. The van der Waals surface area contributed by atoms with E-state index in [9.17, 15) is 0 Å². The van der Waals surface area contributed by atoms with Crippen LogP contribution in [-0.2, 0) is 6.54 Å². The number of aromatic nitrogens is 1. The molecule has 0 aliphatic rings. The molecule has 20 heavy (non-hydrogen) atoms. The summed E-state index contributed by atoms with van der Waals surface area (Å²) >= 11 is 0. The van der Waals surface area contributed by atoms with Gasteiger partial charge in [0.2, 0.25) is 0 Å². The van der Waals surface area contributed by atoms with E-state index < -0.39 is 0 Å². The van der Waals surface area contributed by atoms with Crippen LogP contribution in [0.3, 0.4) is 0 Å². The highest BCUT2D eigenvalue weighted by molar-refractivity contribution is 5.52. The number of rotatable bonds is 5. The first-order chi connectivity index (χ1) is 9.28. The number of nitrogens with one attached hydrogen (secondary N) is 1. The summed E-state index contributed by atoms with van der Waals surface area (Å²) in [6.45, 7) is 15.0. The minimum Gasteiger partial charge on any atom is -0.345 e. The van der Waals surface area contributed by atoms with Gasteiger partial charge in [-0.25, -0.2) is 4.98 Å². The van der Waals surface area contributed by atoms with Gasteiger partial charge in [0.15, 0.2) is 0 Å². The Kier molecular flexibility index (Phi) is 5.59. The molecule has 0 fully saturated rings. The van der Waals surface area contributed by atoms with Gasteiger partial charge in [-0.1, -0.05) is 5.92 Å². The van der Waals surface area contributed by atoms with Crippen molar-refractivity contribution in [3.8, 4) is 12.3 Å². The Balaban J connectivity index is 3.17. The monoisotopic (exact) mass is 273 g/mol. The summed E-state index contributed by atoms with van der Waals surface area (Å²) in [6.07, 6.45) is 5.48. The zero-order chi connectivity index (χ0) is 15.3. The lowest BCUT2D eigenvalue weighted by Gasteiger charge is -2.27. The van der Waals surface area contributed by atoms with Gasteiger partial charge in [0.25, 0.3) is 0 Å². The first-order valence-corrected chi connectivity index (χ1v) is 7.19. The highest BCUT2D eigenvalue weighted by Gasteiger charge is 2.16. The zero-order valence-corrected chi connectivity index (χ0v) is 13.7. The van der Waals surface area contributed by atoms with Crippen molar-refractivity contribution in [2.24, 2.45) is 0 Å². The van der Waals surface area contributed by atoms with Crippen molar-refractivity contribution in [1.82, 2.24) is 10.3 Å². The molecular weight excluding hydrogens is 246 g/mol. The summed E-state index contributed by atoms with van der Waals surface area (Å²) in [5.41, 5.74) is 3.62. The Hall–Kier alpha value is -1.53. The highest BCUT2D eigenvalue weighted by Crippen LogP contribution is 2.23. The summed E-state index contributed by atoms with van der Waals surface area (Å²) in [5, 5.41) is 3.54. The van der Waals surface area contributed by atoms with Crippen LogP contribution in [0.1, 0.15) is 44.5 Å². The van der Waals surface area contributed by atoms with Gasteiger partial charge in [0, 0.05) is 29.9 Å².